The number of halogens is 1. The smallest absolute Gasteiger partial charge is 0.346 e. The third kappa shape index (κ3) is 2.69. The van der Waals surface area contributed by atoms with Crippen molar-refractivity contribution in [2.45, 2.75) is 6.10 Å². The predicted molar refractivity (Wildman–Crippen MR) is 84.3 cm³/mol. The van der Waals surface area contributed by atoms with Gasteiger partial charge in [-0.15, -0.1) is 0 Å². The van der Waals surface area contributed by atoms with E-state index in [0.717, 1.165) is 4.47 Å². The number of amides is 1. The van der Waals surface area contributed by atoms with Crippen LogP contribution in [0.3, 0.4) is 0 Å². The number of hydrogen-bond acceptors (Lipinski definition) is 3. The van der Waals surface area contributed by atoms with E-state index in [1.165, 1.54) is 4.90 Å². The Kier molecular flexibility index (Phi) is 3.85. The second-order valence-corrected chi connectivity index (χ2v) is 5.75. The lowest BCUT2D eigenvalue weighted by atomic mass is 10.1. The first-order valence-electron chi connectivity index (χ1n) is 6.62. The Hall–Kier alpha value is -2.34. The average molecular weight is 362 g/mol. The first-order chi connectivity index (χ1) is 10.6. The van der Waals surface area contributed by atoms with Gasteiger partial charge in [0, 0.05) is 10.0 Å². The van der Waals surface area contributed by atoms with Gasteiger partial charge in [-0.3, -0.25) is 4.79 Å². The largest absolute Gasteiger partial charge is 0.478 e. The minimum absolute atomic E-state index is 0.0265. The van der Waals surface area contributed by atoms with Crippen molar-refractivity contribution < 1.29 is 19.4 Å². The van der Waals surface area contributed by atoms with E-state index in [0.29, 0.717) is 17.0 Å². The molecule has 22 heavy (non-hydrogen) atoms. The number of carbonyl (C=O) groups is 2. The molecule has 112 valence electrons. The average Bonchev–Trinajstić information content (AvgIpc) is 2.53. The molecule has 2 aromatic rings. The number of carbonyl (C=O) groups excluding carboxylic acids is 1. The van der Waals surface area contributed by atoms with Gasteiger partial charge in [0.05, 0.1) is 12.2 Å². The van der Waals surface area contributed by atoms with Crippen LogP contribution in [0.4, 0.5) is 5.69 Å². The van der Waals surface area contributed by atoms with Crippen molar-refractivity contribution in [1.82, 2.24) is 0 Å². The highest BCUT2D eigenvalue weighted by Crippen LogP contribution is 2.34. The summed E-state index contributed by atoms with van der Waals surface area (Å²) in [5.41, 5.74) is 1.07. The van der Waals surface area contributed by atoms with Gasteiger partial charge in [0.1, 0.15) is 5.75 Å². The van der Waals surface area contributed by atoms with Crippen molar-refractivity contribution in [2.24, 2.45) is 0 Å². The first-order valence-corrected chi connectivity index (χ1v) is 7.41. The molecule has 3 rings (SSSR count). The van der Waals surface area contributed by atoms with Gasteiger partial charge in [0.25, 0.3) is 5.91 Å². The molecule has 0 aromatic heterocycles. The number of carboxylic acids is 1. The summed E-state index contributed by atoms with van der Waals surface area (Å²) >= 11 is 3.32. The Bertz CT molecular complexity index is 729. The van der Waals surface area contributed by atoms with E-state index in [1.54, 1.807) is 48.5 Å². The van der Waals surface area contributed by atoms with Gasteiger partial charge in [0.15, 0.2) is 0 Å². The van der Waals surface area contributed by atoms with Gasteiger partial charge in [-0.25, -0.2) is 4.79 Å². The molecule has 1 N–H and O–H groups in total. The number of rotatable bonds is 2. The third-order valence-electron chi connectivity index (χ3n) is 3.39. The third-order valence-corrected chi connectivity index (χ3v) is 3.91. The molecule has 0 unspecified atom stereocenters. The van der Waals surface area contributed by atoms with E-state index >= 15 is 0 Å². The maximum atomic E-state index is 12.7. The summed E-state index contributed by atoms with van der Waals surface area (Å²) in [6, 6.07) is 13.9. The molecular weight excluding hydrogens is 350 g/mol. The van der Waals surface area contributed by atoms with E-state index in [1.807, 2.05) is 0 Å². The van der Waals surface area contributed by atoms with Crippen LogP contribution in [0.1, 0.15) is 10.4 Å². The number of ether oxygens (including phenoxy) is 1. The Balaban J connectivity index is 1.99. The van der Waals surface area contributed by atoms with Gasteiger partial charge in [-0.1, -0.05) is 28.1 Å². The fourth-order valence-electron chi connectivity index (χ4n) is 2.30. The van der Waals surface area contributed by atoms with Crippen LogP contribution in [0.15, 0.2) is 53.0 Å². The topological polar surface area (TPSA) is 66.8 Å². The number of fused-ring (bicyclic) bond motifs is 1. The van der Waals surface area contributed by atoms with Crippen molar-refractivity contribution in [1.29, 1.82) is 0 Å². The van der Waals surface area contributed by atoms with Crippen molar-refractivity contribution >= 4 is 33.5 Å². The normalized spacial score (nSPS) is 16.6. The molecule has 2 aromatic carbocycles. The number of benzene rings is 2. The number of nitrogens with zero attached hydrogens (tertiary/aromatic N) is 1. The van der Waals surface area contributed by atoms with Crippen molar-refractivity contribution in [3.05, 3.63) is 58.6 Å². The van der Waals surface area contributed by atoms with Crippen LogP contribution >= 0.6 is 15.9 Å². The highest BCUT2D eigenvalue weighted by atomic mass is 79.9. The van der Waals surface area contributed by atoms with Crippen molar-refractivity contribution in [3.63, 3.8) is 0 Å². The number of aliphatic carboxylic acids is 1. The Morgan fingerprint density at radius 1 is 1.14 bits per heavy atom. The maximum absolute atomic E-state index is 12.7. The van der Waals surface area contributed by atoms with Gasteiger partial charge < -0.3 is 14.7 Å². The number of anilines is 1. The zero-order valence-electron chi connectivity index (χ0n) is 11.4. The maximum Gasteiger partial charge on any atom is 0.346 e. The number of carboxylic acid groups (broad SMARTS) is 1. The van der Waals surface area contributed by atoms with Crippen LogP contribution in [0.25, 0.3) is 0 Å². The number of para-hydroxylation sites is 2. The van der Waals surface area contributed by atoms with Gasteiger partial charge in [-0.2, -0.15) is 0 Å². The molecule has 0 aliphatic carbocycles. The Morgan fingerprint density at radius 3 is 2.50 bits per heavy atom. The van der Waals surface area contributed by atoms with E-state index < -0.39 is 12.1 Å². The molecule has 6 heteroatoms. The second-order valence-electron chi connectivity index (χ2n) is 4.84. The Morgan fingerprint density at radius 2 is 1.82 bits per heavy atom. The lowest BCUT2D eigenvalue weighted by Gasteiger charge is -2.33. The predicted octanol–water partition coefficient (Wildman–Crippen LogP) is 2.94. The van der Waals surface area contributed by atoms with E-state index in [4.69, 9.17) is 4.74 Å². The molecular formula is C16H12BrNO4. The molecule has 5 nitrogen and oxygen atoms in total. The minimum Gasteiger partial charge on any atom is -0.478 e. The molecule has 1 heterocycles. The van der Waals surface area contributed by atoms with E-state index in [-0.39, 0.29) is 12.5 Å². The summed E-state index contributed by atoms with van der Waals surface area (Å²) in [6.07, 6.45) is -1.07. The van der Waals surface area contributed by atoms with Crippen molar-refractivity contribution in [3.8, 4) is 5.75 Å². The monoisotopic (exact) mass is 361 g/mol. The summed E-state index contributed by atoms with van der Waals surface area (Å²) in [6.45, 7) is -0.0265. The summed E-state index contributed by atoms with van der Waals surface area (Å²) in [5.74, 6) is -0.954. The molecule has 0 spiro atoms. The highest BCUT2D eigenvalue weighted by Gasteiger charge is 2.33. The van der Waals surface area contributed by atoms with Crippen molar-refractivity contribution in [2.75, 3.05) is 11.4 Å². The summed E-state index contributed by atoms with van der Waals surface area (Å²) in [5, 5.41) is 9.20. The first kappa shape index (κ1) is 14.6. The zero-order valence-corrected chi connectivity index (χ0v) is 13.0. The quantitative estimate of drug-likeness (QED) is 0.892. The van der Waals surface area contributed by atoms with E-state index in [2.05, 4.69) is 15.9 Å². The lowest BCUT2D eigenvalue weighted by Crippen LogP contribution is -2.47. The summed E-state index contributed by atoms with van der Waals surface area (Å²) in [4.78, 5) is 25.4. The van der Waals surface area contributed by atoms with Crippen LogP contribution in [0, 0.1) is 0 Å². The fraction of sp³-hybridized carbons (Fsp3) is 0.125. The standard InChI is InChI=1S/C16H12BrNO4/c17-11-7-5-10(6-8-11)15(19)18-9-14(16(20)21)22-13-4-2-1-3-12(13)18/h1-8,14H,9H2,(H,20,21)/t14-/m1/s1. The molecule has 0 radical (unpaired) electrons. The molecule has 1 atom stereocenters. The fourth-order valence-corrected chi connectivity index (χ4v) is 2.57. The SMILES string of the molecule is O=C(O)[C@H]1CN(C(=O)c2ccc(Br)cc2)c2ccccc2O1. The van der Waals surface area contributed by atoms with Gasteiger partial charge in [-0.05, 0) is 36.4 Å². The molecule has 0 saturated carbocycles. The zero-order chi connectivity index (χ0) is 15.7. The minimum atomic E-state index is -1.09. The van der Waals surface area contributed by atoms with Crippen LogP contribution in [0.2, 0.25) is 0 Å². The molecule has 1 aliphatic heterocycles. The Labute approximate surface area is 135 Å². The van der Waals surface area contributed by atoms with Gasteiger partial charge >= 0.3 is 5.97 Å². The van der Waals surface area contributed by atoms with Gasteiger partial charge in [0.2, 0.25) is 6.10 Å². The molecule has 0 saturated heterocycles. The summed E-state index contributed by atoms with van der Waals surface area (Å²) in [7, 11) is 0. The van der Waals surface area contributed by atoms with Crippen LogP contribution in [-0.4, -0.2) is 29.6 Å². The second kappa shape index (κ2) is 5.81. The molecule has 1 amide bonds. The van der Waals surface area contributed by atoms with E-state index in [9.17, 15) is 14.7 Å². The lowest BCUT2D eigenvalue weighted by molar-refractivity contribution is -0.144. The molecule has 1 aliphatic rings. The number of hydrogen-bond donors (Lipinski definition) is 1. The summed E-state index contributed by atoms with van der Waals surface area (Å²) < 4.78 is 6.30. The highest BCUT2D eigenvalue weighted by molar-refractivity contribution is 9.10. The molecule has 0 bridgehead atoms. The van der Waals surface area contributed by atoms with Crippen LogP contribution < -0.4 is 9.64 Å². The molecule has 0 fully saturated rings. The van der Waals surface area contributed by atoms with Crippen LogP contribution in [0.5, 0.6) is 5.75 Å². The van der Waals surface area contributed by atoms with Crippen LogP contribution in [-0.2, 0) is 4.79 Å².